The van der Waals surface area contributed by atoms with E-state index in [1.165, 1.54) is 87.6 Å². The fraction of sp³-hybridized carbons (Fsp3) is 0.0233. The average molecular weight is 635 g/mol. The number of rotatable bonds is 4. The average Bonchev–Trinajstić information content (AvgIpc) is 3.96. The standard InChI is InChI=1S/C43H26N2S2/c1-3-7-37-33(5-1)34-6-2-4-8-38(34)43(37)39-21-31(27-9-13-29(14-10-27)41-23-44-25-46-41)17-19-35(39)36-20-18-32(22-40(36)43)28-11-15-30(16-12-28)42-24-45-26-47-42/h1-26H. The van der Waals surface area contributed by atoms with E-state index < -0.39 is 5.41 Å². The highest BCUT2D eigenvalue weighted by atomic mass is 32.1. The molecule has 0 N–H and O–H groups in total. The van der Waals surface area contributed by atoms with Gasteiger partial charge < -0.3 is 0 Å². The van der Waals surface area contributed by atoms with E-state index in [0.29, 0.717) is 0 Å². The molecule has 2 aromatic heterocycles. The second-order valence-corrected chi connectivity index (χ2v) is 14.0. The van der Waals surface area contributed by atoms with Crippen molar-refractivity contribution in [3.8, 4) is 65.4 Å². The summed E-state index contributed by atoms with van der Waals surface area (Å²) in [6.07, 6.45) is 3.88. The highest BCUT2D eigenvalue weighted by Crippen LogP contribution is 2.63. The van der Waals surface area contributed by atoms with Gasteiger partial charge in [-0.25, -0.2) is 0 Å². The molecule has 47 heavy (non-hydrogen) atoms. The fourth-order valence-corrected chi connectivity index (χ4v) is 9.13. The number of nitrogens with zero attached hydrogens (tertiary/aromatic N) is 2. The summed E-state index contributed by atoms with van der Waals surface area (Å²) < 4.78 is 0. The van der Waals surface area contributed by atoms with Crippen LogP contribution in [-0.4, -0.2) is 9.97 Å². The van der Waals surface area contributed by atoms with Crippen LogP contribution in [0.15, 0.2) is 157 Å². The first-order valence-electron chi connectivity index (χ1n) is 15.8. The molecular formula is C43H26N2S2. The van der Waals surface area contributed by atoms with Crippen molar-refractivity contribution in [3.05, 3.63) is 179 Å². The molecule has 2 nitrogen and oxygen atoms in total. The van der Waals surface area contributed by atoms with Crippen molar-refractivity contribution in [1.29, 1.82) is 0 Å². The lowest BCUT2D eigenvalue weighted by Crippen LogP contribution is -2.26. The van der Waals surface area contributed by atoms with Crippen LogP contribution in [0.5, 0.6) is 0 Å². The van der Waals surface area contributed by atoms with E-state index in [-0.39, 0.29) is 0 Å². The third-order valence-corrected chi connectivity index (χ3v) is 11.6. The van der Waals surface area contributed by atoms with Gasteiger partial charge in [-0.3, -0.25) is 9.97 Å². The Balaban J connectivity index is 1.18. The van der Waals surface area contributed by atoms with Gasteiger partial charge in [0.1, 0.15) is 0 Å². The molecule has 2 aliphatic rings. The monoisotopic (exact) mass is 634 g/mol. The summed E-state index contributed by atoms with van der Waals surface area (Å²) in [5.41, 5.74) is 21.3. The maximum Gasteiger partial charge on any atom is 0.0797 e. The van der Waals surface area contributed by atoms with Gasteiger partial charge in [0.2, 0.25) is 0 Å². The van der Waals surface area contributed by atoms with Gasteiger partial charge >= 0.3 is 0 Å². The summed E-state index contributed by atoms with van der Waals surface area (Å²) in [6.45, 7) is 0. The third kappa shape index (κ3) is 3.89. The van der Waals surface area contributed by atoms with Crippen molar-refractivity contribution in [1.82, 2.24) is 9.97 Å². The van der Waals surface area contributed by atoms with Crippen LogP contribution < -0.4 is 0 Å². The van der Waals surface area contributed by atoms with E-state index in [4.69, 9.17) is 0 Å². The van der Waals surface area contributed by atoms with Crippen molar-refractivity contribution >= 4 is 22.7 Å². The Labute approximate surface area is 281 Å². The predicted octanol–water partition coefficient (Wildman–Crippen LogP) is 11.6. The Morgan fingerprint density at radius 2 is 0.745 bits per heavy atom. The lowest BCUT2D eigenvalue weighted by atomic mass is 9.70. The molecule has 0 saturated heterocycles. The molecule has 0 fully saturated rings. The molecule has 4 heteroatoms. The number of hydrogen-bond acceptors (Lipinski definition) is 4. The van der Waals surface area contributed by atoms with E-state index in [0.717, 1.165) is 0 Å². The quantitative estimate of drug-likeness (QED) is 0.192. The molecule has 0 atom stereocenters. The highest BCUT2D eigenvalue weighted by molar-refractivity contribution is 7.13. The molecule has 0 unspecified atom stereocenters. The van der Waals surface area contributed by atoms with E-state index in [1.54, 1.807) is 22.7 Å². The van der Waals surface area contributed by atoms with Crippen molar-refractivity contribution < 1.29 is 0 Å². The van der Waals surface area contributed by atoms with Gasteiger partial charge in [-0.15, -0.1) is 22.7 Å². The van der Waals surface area contributed by atoms with E-state index in [1.807, 2.05) is 23.4 Å². The SMILES string of the molecule is c1ccc2c(c1)-c1ccccc1C21c2cc(-c3ccc(-c4cncs4)cc3)ccc2-c2ccc(-c3ccc(-c4cncs4)cc3)cc21. The molecule has 0 radical (unpaired) electrons. The molecular weight excluding hydrogens is 609 g/mol. The minimum atomic E-state index is -0.408. The fourth-order valence-electron chi connectivity index (χ4n) is 7.87. The maximum atomic E-state index is 4.27. The first kappa shape index (κ1) is 26.8. The Morgan fingerprint density at radius 1 is 0.362 bits per heavy atom. The summed E-state index contributed by atoms with van der Waals surface area (Å²) in [4.78, 5) is 10.9. The Kier molecular flexibility index (Phi) is 5.86. The molecule has 220 valence electrons. The number of benzene rings is 6. The smallest absolute Gasteiger partial charge is 0.0797 e. The molecule has 10 rings (SSSR count). The minimum Gasteiger partial charge on any atom is -0.252 e. The first-order chi connectivity index (χ1) is 23.3. The normalized spacial score (nSPS) is 13.3. The lowest BCUT2D eigenvalue weighted by Gasteiger charge is -2.31. The molecule has 0 bridgehead atoms. The van der Waals surface area contributed by atoms with Gasteiger partial charge in [-0.05, 0) is 90.0 Å². The summed E-state index contributed by atoms with van der Waals surface area (Å²) in [7, 11) is 0. The van der Waals surface area contributed by atoms with Crippen LogP contribution in [0.3, 0.4) is 0 Å². The Morgan fingerprint density at radius 3 is 1.17 bits per heavy atom. The summed E-state index contributed by atoms with van der Waals surface area (Å²) >= 11 is 3.35. The molecule has 0 amide bonds. The summed E-state index contributed by atoms with van der Waals surface area (Å²) in [5, 5.41) is 0. The minimum absolute atomic E-state index is 0.408. The zero-order valence-corrected chi connectivity index (χ0v) is 26.9. The zero-order valence-electron chi connectivity index (χ0n) is 25.2. The zero-order chi connectivity index (χ0) is 31.0. The first-order valence-corrected chi connectivity index (χ1v) is 17.5. The van der Waals surface area contributed by atoms with Crippen LogP contribution >= 0.6 is 22.7 Å². The molecule has 0 aliphatic heterocycles. The number of hydrogen-bond donors (Lipinski definition) is 0. The molecule has 0 saturated carbocycles. The van der Waals surface area contributed by atoms with Gasteiger partial charge in [-0.2, -0.15) is 0 Å². The third-order valence-electron chi connectivity index (χ3n) is 9.96. The van der Waals surface area contributed by atoms with Gasteiger partial charge in [0, 0.05) is 12.4 Å². The molecule has 6 aromatic carbocycles. The van der Waals surface area contributed by atoms with Crippen LogP contribution in [0.2, 0.25) is 0 Å². The van der Waals surface area contributed by atoms with Crippen LogP contribution in [0, 0.1) is 0 Å². The second-order valence-electron chi connectivity index (χ2n) is 12.2. The molecule has 1 spiro atoms. The van der Waals surface area contributed by atoms with Crippen LogP contribution in [0.1, 0.15) is 22.3 Å². The maximum absolute atomic E-state index is 4.27. The lowest BCUT2D eigenvalue weighted by molar-refractivity contribution is 0.794. The molecule has 8 aromatic rings. The topological polar surface area (TPSA) is 25.8 Å². The largest absolute Gasteiger partial charge is 0.252 e. The number of thiazole rings is 2. The van der Waals surface area contributed by atoms with Crippen molar-refractivity contribution in [2.45, 2.75) is 5.41 Å². The predicted molar refractivity (Wildman–Crippen MR) is 196 cm³/mol. The van der Waals surface area contributed by atoms with Crippen molar-refractivity contribution in [2.75, 3.05) is 0 Å². The van der Waals surface area contributed by atoms with Gasteiger partial charge in [0.15, 0.2) is 0 Å². The van der Waals surface area contributed by atoms with Gasteiger partial charge in [-0.1, -0.05) is 121 Å². The van der Waals surface area contributed by atoms with E-state index in [9.17, 15) is 0 Å². The number of aromatic nitrogens is 2. The molecule has 2 aliphatic carbocycles. The Bertz CT molecular complexity index is 2260. The van der Waals surface area contributed by atoms with Gasteiger partial charge in [0.25, 0.3) is 0 Å². The van der Waals surface area contributed by atoms with E-state index >= 15 is 0 Å². The highest BCUT2D eigenvalue weighted by Gasteiger charge is 2.51. The van der Waals surface area contributed by atoms with Crippen LogP contribution in [0.4, 0.5) is 0 Å². The van der Waals surface area contributed by atoms with Crippen molar-refractivity contribution in [2.24, 2.45) is 0 Å². The Hall–Kier alpha value is -5.42. The van der Waals surface area contributed by atoms with Gasteiger partial charge in [0.05, 0.1) is 26.2 Å². The van der Waals surface area contributed by atoms with E-state index in [2.05, 4.69) is 143 Å². The second kappa shape index (κ2) is 10.3. The van der Waals surface area contributed by atoms with Crippen LogP contribution in [0.25, 0.3) is 65.4 Å². The summed E-state index contributed by atoms with van der Waals surface area (Å²) in [5.74, 6) is 0. The summed E-state index contributed by atoms with van der Waals surface area (Å²) in [6, 6.07) is 50.1. The number of fused-ring (bicyclic) bond motifs is 10. The van der Waals surface area contributed by atoms with Crippen molar-refractivity contribution in [3.63, 3.8) is 0 Å². The molecule has 2 heterocycles. The van der Waals surface area contributed by atoms with Crippen LogP contribution in [-0.2, 0) is 5.41 Å².